The van der Waals surface area contributed by atoms with Gasteiger partial charge in [-0.3, -0.25) is 0 Å². The second-order valence-corrected chi connectivity index (χ2v) is 7.53. The van der Waals surface area contributed by atoms with Crippen molar-refractivity contribution in [3.63, 3.8) is 0 Å². The Bertz CT molecular complexity index is 920. The summed E-state index contributed by atoms with van der Waals surface area (Å²) >= 11 is 15.6. The van der Waals surface area contributed by atoms with E-state index in [1.807, 2.05) is 48.5 Å². The van der Waals surface area contributed by atoms with E-state index in [1.165, 1.54) is 0 Å². The highest BCUT2D eigenvalue weighted by atomic mass is 79.9. The van der Waals surface area contributed by atoms with E-state index in [9.17, 15) is 0 Å². The van der Waals surface area contributed by atoms with Crippen molar-refractivity contribution in [1.29, 1.82) is 0 Å². The number of hydrogen-bond donors (Lipinski definition) is 1. The summed E-state index contributed by atoms with van der Waals surface area (Å²) in [7, 11) is 1.63. The number of anilines is 1. The number of hydrogen-bond acceptors (Lipinski definition) is 3. The van der Waals surface area contributed by atoms with Crippen LogP contribution in [0.25, 0.3) is 0 Å². The number of methoxy groups -OCH3 is 1. The molecule has 0 aliphatic heterocycles. The average molecular weight is 467 g/mol. The fraction of sp³-hybridized carbons (Fsp3) is 0.143. The molecule has 140 valence electrons. The third-order valence-electron chi connectivity index (χ3n) is 3.93. The molecule has 0 unspecified atom stereocenters. The van der Waals surface area contributed by atoms with E-state index in [2.05, 4.69) is 21.2 Å². The van der Waals surface area contributed by atoms with E-state index in [0.29, 0.717) is 34.7 Å². The van der Waals surface area contributed by atoms with Gasteiger partial charge in [0.05, 0.1) is 21.6 Å². The molecule has 3 aromatic rings. The molecule has 0 radical (unpaired) electrons. The van der Waals surface area contributed by atoms with Crippen molar-refractivity contribution in [3.8, 4) is 11.5 Å². The van der Waals surface area contributed by atoms with Crippen LogP contribution in [0.1, 0.15) is 11.1 Å². The molecule has 3 aromatic carbocycles. The van der Waals surface area contributed by atoms with Crippen LogP contribution < -0.4 is 14.8 Å². The molecule has 27 heavy (non-hydrogen) atoms. The standard InChI is InChI=1S/C21H18BrCl2NO2/c1-26-20-11-15(12-25-16-5-3-2-4-6-16)9-17(22)21(20)27-13-14-7-8-18(23)19(24)10-14/h2-11,25H,12-13H2,1H3. The number of ether oxygens (including phenoxy) is 2. The lowest BCUT2D eigenvalue weighted by Crippen LogP contribution is -2.02. The minimum Gasteiger partial charge on any atom is -0.493 e. The molecule has 3 nitrogen and oxygen atoms in total. The van der Waals surface area contributed by atoms with Crippen LogP contribution in [0.2, 0.25) is 10.0 Å². The lowest BCUT2D eigenvalue weighted by atomic mass is 10.2. The number of para-hydroxylation sites is 1. The maximum Gasteiger partial charge on any atom is 0.175 e. The molecule has 0 saturated heterocycles. The molecule has 0 saturated carbocycles. The molecule has 0 spiro atoms. The summed E-state index contributed by atoms with van der Waals surface area (Å²) in [6.45, 7) is 1.03. The van der Waals surface area contributed by atoms with Gasteiger partial charge in [0.2, 0.25) is 0 Å². The minimum absolute atomic E-state index is 0.355. The lowest BCUT2D eigenvalue weighted by molar-refractivity contribution is 0.282. The zero-order valence-corrected chi connectivity index (χ0v) is 17.7. The Labute approximate surface area is 177 Å². The third kappa shape index (κ3) is 5.32. The van der Waals surface area contributed by atoms with Gasteiger partial charge < -0.3 is 14.8 Å². The van der Waals surface area contributed by atoms with Gasteiger partial charge in [0.15, 0.2) is 11.5 Å². The molecule has 0 atom stereocenters. The van der Waals surface area contributed by atoms with E-state index in [4.69, 9.17) is 32.7 Å². The summed E-state index contributed by atoms with van der Waals surface area (Å²) in [6, 6.07) is 19.5. The number of nitrogens with one attached hydrogen (secondary N) is 1. The molecule has 6 heteroatoms. The van der Waals surface area contributed by atoms with Crippen molar-refractivity contribution in [3.05, 3.63) is 86.3 Å². The van der Waals surface area contributed by atoms with Crippen molar-refractivity contribution in [2.75, 3.05) is 12.4 Å². The van der Waals surface area contributed by atoms with E-state index in [1.54, 1.807) is 19.2 Å². The highest BCUT2D eigenvalue weighted by Gasteiger charge is 2.12. The van der Waals surface area contributed by atoms with Gasteiger partial charge in [-0.15, -0.1) is 0 Å². The van der Waals surface area contributed by atoms with Crippen molar-refractivity contribution >= 4 is 44.8 Å². The quantitative estimate of drug-likeness (QED) is 0.408. The summed E-state index contributed by atoms with van der Waals surface area (Å²) in [6.07, 6.45) is 0. The molecule has 0 aliphatic rings. The first kappa shape index (κ1) is 19.9. The first-order chi connectivity index (χ1) is 13.1. The number of rotatable bonds is 7. The first-order valence-corrected chi connectivity index (χ1v) is 9.84. The number of benzene rings is 3. The largest absolute Gasteiger partial charge is 0.493 e. The SMILES string of the molecule is COc1cc(CNc2ccccc2)cc(Br)c1OCc1ccc(Cl)c(Cl)c1. The Morgan fingerprint density at radius 1 is 0.926 bits per heavy atom. The van der Waals surface area contributed by atoms with Crippen LogP contribution >= 0.6 is 39.1 Å². The molecule has 0 aromatic heterocycles. The predicted molar refractivity (Wildman–Crippen MR) is 115 cm³/mol. The summed E-state index contributed by atoms with van der Waals surface area (Å²) in [5, 5.41) is 4.41. The molecule has 1 N–H and O–H groups in total. The Hall–Kier alpha value is -1.88. The maximum atomic E-state index is 6.06. The van der Waals surface area contributed by atoms with Gasteiger partial charge in [-0.1, -0.05) is 47.5 Å². The smallest absolute Gasteiger partial charge is 0.175 e. The van der Waals surface area contributed by atoms with Crippen molar-refractivity contribution in [1.82, 2.24) is 0 Å². The van der Waals surface area contributed by atoms with Crippen LogP contribution in [-0.2, 0) is 13.2 Å². The van der Waals surface area contributed by atoms with Gasteiger partial charge in [-0.2, -0.15) is 0 Å². The third-order valence-corrected chi connectivity index (χ3v) is 5.25. The zero-order valence-electron chi connectivity index (χ0n) is 14.6. The minimum atomic E-state index is 0.355. The summed E-state index contributed by atoms with van der Waals surface area (Å²) in [5.41, 5.74) is 3.06. The van der Waals surface area contributed by atoms with Gasteiger partial charge in [0.25, 0.3) is 0 Å². The predicted octanol–water partition coefficient (Wildman–Crippen LogP) is 6.96. The molecule has 0 amide bonds. The summed E-state index contributed by atoms with van der Waals surface area (Å²) in [4.78, 5) is 0. The summed E-state index contributed by atoms with van der Waals surface area (Å²) < 4.78 is 12.3. The molecular weight excluding hydrogens is 449 g/mol. The van der Waals surface area contributed by atoms with Crippen LogP contribution in [0.3, 0.4) is 0 Å². The Kier molecular flexibility index (Phi) is 6.89. The topological polar surface area (TPSA) is 30.5 Å². The van der Waals surface area contributed by atoms with Crippen molar-refractivity contribution < 1.29 is 9.47 Å². The fourth-order valence-corrected chi connectivity index (χ4v) is 3.48. The van der Waals surface area contributed by atoms with Gasteiger partial charge in [0.1, 0.15) is 6.61 Å². The molecule has 0 fully saturated rings. The Morgan fingerprint density at radius 2 is 1.70 bits per heavy atom. The van der Waals surface area contributed by atoms with Crippen molar-refractivity contribution in [2.24, 2.45) is 0 Å². The first-order valence-electron chi connectivity index (χ1n) is 8.29. The Morgan fingerprint density at radius 3 is 2.41 bits per heavy atom. The van der Waals surface area contributed by atoms with Gasteiger partial charge in [0, 0.05) is 12.2 Å². The molecular formula is C21H18BrCl2NO2. The average Bonchev–Trinajstić information content (AvgIpc) is 2.68. The van der Waals surface area contributed by atoms with E-state index < -0.39 is 0 Å². The van der Waals surface area contributed by atoms with Crippen LogP contribution in [0.5, 0.6) is 11.5 Å². The van der Waals surface area contributed by atoms with E-state index >= 15 is 0 Å². The van der Waals surface area contributed by atoms with Gasteiger partial charge in [-0.05, 0) is 63.5 Å². The van der Waals surface area contributed by atoms with Crippen molar-refractivity contribution in [2.45, 2.75) is 13.2 Å². The highest BCUT2D eigenvalue weighted by Crippen LogP contribution is 2.37. The maximum absolute atomic E-state index is 6.06. The number of halogens is 3. The van der Waals surface area contributed by atoms with E-state index in [-0.39, 0.29) is 0 Å². The second-order valence-electron chi connectivity index (χ2n) is 5.87. The summed E-state index contributed by atoms with van der Waals surface area (Å²) in [5.74, 6) is 1.31. The molecule has 3 rings (SSSR count). The zero-order chi connectivity index (χ0) is 19.2. The van der Waals surface area contributed by atoms with E-state index in [0.717, 1.165) is 21.3 Å². The molecule has 0 bridgehead atoms. The normalized spacial score (nSPS) is 10.5. The van der Waals surface area contributed by atoms with Crippen LogP contribution in [0.4, 0.5) is 5.69 Å². The molecule has 0 heterocycles. The fourth-order valence-electron chi connectivity index (χ4n) is 2.56. The van der Waals surface area contributed by atoms with Gasteiger partial charge in [-0.25, -0.2) is 0 Å². The van der Waals surface area contributed by atoms with Crippen LogP contribution in [-0.4, -0.2) is 7.11 Å². The van der Waals surface area contributed by atoms with Crippen LogP contribution in [0.15, 0.2) is 65.1 Å². The second kappa shape index (κ2) is 9.36. The van der Waals surface area contributed by atoms with Crippen LogP contribution in [0, 0.1) is 0 Å². The highest BCUT2D eigenvalue weighted by molar-refractivity contribution is 9.10. The monoisotopic (exact) mass is 465 g/mol. The molecule has 0 aliphatic carbocycles. The van der Waals surface area contributed by atoms with Gasteiger partial charge >= 0.3 is 0 Å². The lowest BCUT2D eigenvalue weighted by Gasteiger charge is -2.15. The Balaban J connectivity index is 1.72.